The molecule has 2 nitrogen and oxygen atoms in total. The normalized spacial score (nSPS) is 9.50. The van der Waals surface area contributed by atoms with Crippen molar-refractivity contribution >= 4 is 28.5 Å². The Bertz CT molecular complexity index is 269. The molecule has 0 unspecified atom stereocenters. The molecule has 0 bridgehead atoms. The minimum Gasteiger partial charge on any atom is -0.415 e. The minimum atomic E-state index is 0.0556. The summed E-state index contributed by atoms with van der Waals surface area (Å²) in [6, 6.07) is 6.92. The van der Waals surface area contributed by atoms with Gasteiger partial charge in [-0.15, -0.1) is 0 Å². The molecule has 0 aliphatic heterocycles. The van der Waals surface area contributed by atoms with Crippen LogP contribution in [-0.2, 0) is 0 Å². The number of hydrogen-bond acceptors (Lipinski definition) is 4. The molecule has 0 aliphatic rings. The van der Waals surface area contributed by atoms with E-state index in [1.807, 2.05) is 0 Å². The van der Waals surface area contributed by atoms with E-state index in [0.717, 1.165) is 11.1 Å². The second-order valence-electron chi connectivity index (χ2n) is 2.24. The van der Waals surface area contributed by atoms with Gasteiger partial charge in [-0.1, -0.05) is 11.7 Å². The zero-order valence-corrected chi connectivity index (χ0v) is 8.19. The van der Waals surface area contributed by atoms with Crippen molar-refractivity contribution in [2.45, 2.75) is 6.92 Å². The van der Waals surface area contributed by atoms with E-state index in [0.29, 0.717) is 11.3 Å². The Balaban J connectivity index is 2.78. The standard InChI is InChI=1S/C8H8O2S2/c1-6(9)7-2-4-8(5-3-7)10-12-11/h2-5,11H,1H3. The zero-order valence-electron chi connectivity index (χ0n) is 6.48. The largest absolute Gasteiger partial charge is 0.415 e. The van der Waals surface area contributed by atoms with Gasteiger partial charge in [-0.25, -0.2) is 0 Å². The van der Waals surface area contributed by atoms with Gasteiger partial charge in [0.2, 0.25) is 0 Å². The summed E-state index contributed by atoms with van der Waals surface area (Å²) in [4.78, 5) is 10.9. The van der Waals surface area contributed by atoms with Crippen LogP contribution < -0.4 is 4.18 Å². The van der Waals surface area contributed by atoms with E-state index in [4.69, 9.17) is 4.18 Å². The summed E-state index contributed by atoms with van der Waals surface area (Å²) < 4.78 is 5.01. The van der Waals surface area contributed by atoms with Crippen molar-refractivity contribution in [1.82, 2.24) is 0 Å². The zero-order chi connectivity index (χ0) is 8.97. The van der Waals surface area contributed by atoms with Gasteiger partial charge in [-0.05, 0) is 31.2 Å². The summed E-state index contributed by atoms with van der Waals surface area (Å²) in [6.07, 6.45) is 0. The van der Waals surface area contributed by atoms with Gasteiger partial charge in [0.25, 0.3) is 0 Å². The molecule has 0 radical (unpaired) electrons. The highest BCUT2D eigenvalue weighted by molar-refractivity contribution is 8.66. The van der Waals surface area contributed by atoms with E-state index in [9.17, 15) is 4.79 Å². The monoisotopic (exact) mass is 200 g/mol. The molecule has 0 aliphatic carbocycles. The highest BCUT2D eigenvalue weighted by Gasteiger charge is 1.98. The highest BCUT2D eigenvalue weighted by atomic mass is 33.1. The van der Waals surface area contributed by atoms with Gasteiger partial charge in [-0.3, -0.25) is 4.79 Å². The van der Waals surface area contributed by atoms with Crippen molar-refractivity contribution in [2.24, 2.45) is 0 Å². The van der Waals surface area contributed by atoms with E-state index >= 15 is 0 Å². The average Bonchev–Trinajstić information content (AvgIpc) is 2.06. The molecule has 0 fully saturated rings. The van der Waals surface area contributed by atoms with Gasteiger partial charge >= 0.3 is 0 Å². The second-order valence-corrected chi connectivity index (χ2v) is 3.00. The third kappa shape index (κ3) is 2.46. The first-order chi connectivity index (χ1) is 5.74. The Kier molecular flexibility index (Phi) is 3.49. The molecule has 0 atom stereocenters. The van der Waals surface area contributed by atoms with Crippen LogP contribution in [0.4, 0.5) is 0 Å². The highest BCUT2D eigenvalue weighted by Crippen LogP contribution is 2.18. The lowest BCUT2D eigenvalue weighted by molar-refractivity contribution is 0.101. The lowest BCUT2D eigenvalue weighted by atomic mass is 10.1. The van der Waals surface area contributed by atoms with Gasteiger partial charge in [-0.2, -0.15) is 0 Å². The fourth-order valence-corrected chi connectivity index (χ4v) is 1.24. The summed E-state index contributed by atoms with van der Waals surface area (Å²) >= 11 is 4.80. The van der Waals surface area contributed by atoms with Crippen LogP contribution in [0.2, 0.25) is 0 Å². The van der Waals surface area contributed by atoms with E-state index in [1.165, 1.54) is 6.92 Å². The van der Waals surface area contributed by atoms with Crippen LogP contribution in [-0.4, -0.2) is 5.78 Å². The maximum absolute atomic E-state index is 10.9. The van der Waals surface area contributed by atoms with Crippen LogP contribution in [0.1, 0.15) is 17.3 Å². The van der Waals surface area contributed by atoms with E-state index in [-0.39, 0.29) is 5.78 Å². The third-order valence-electron chi connectivity index (χ3n) is 1.39. The number of carbonyl (C=O) groups is 1. The summed E-state index contributed by atoms with van der Waals surface area (Å²) in [5, 5.41) is 0. The molecule has 4 heteroatoms. The van der Waals surface area contributed by atoms with Gasteiger partial charge in [0.1, 0.15) is 16.8 Å². The smallest absolute Gasteiger partial charge is 0.159 e. The van der Waals surface area contributed by atoms with Crippen LogP contribution in [0.25, 0.3) is 0 Å². The van der Waals surface area contributed by atoms with Crippen LogP contribution in [0.5, 0.6) is 5.75 Å². The van der Waals surface area contributed by atoms with Gasteiger partial charge in [0, 0.05) is 5.56 Å². The first-order valence-corrected chi connectivity index (χ1v) is 5.12. The number of ketones is 1. The molecule has 1 rings (SSSR count). The number of thiol groups is 1. The molecule has 0 aromatic heterocycles. The van der Waals surface area contributed by atoms with Gasteiger partial charge in [0.15, 0.2) is 5.78 Å². The number of Topliss-reactive ketones (excluding diaryl/α,β-unsaturated/α-hetero) is 1. The topological polar surface area (TPSA) is 26.3 Å². The molecule has 0 saturated carbocycles. The summed E-state index contributed by atoms with van der Waals surface area (Å²) in [5.74, 6) is 0.750. The van der Waals surface area contributed by atoms with Crippen molar-refractivity contribution in [2.75, 3.05) is 0 Å². The molecular weight excluding hydrogens is 192 g/mol. The SMILES string of the molecule is CC(=O)c1ccc(OSS)cc1. The quantitative estimate of drug-likeness (QED) is 0.352. The van der Waals surface area contributed by atoms with Crippen LogP contribution in [0, 0.1) is 0 Å². The van der Waals surface area contributed by atoms with Crippen LogP contribution in [0.3, 0.4) is 0 Å². The number of carbonyl (C=O) groups excluding carboxylic acids is 1. The first kappa shape index (κ1) is 9.48. The minimum absolute atomic E-state index is 0.0556. The number of benzene rings is 1. The van der Waals surface area contributed by atoms with Crippen molar-refractivity contribution in [3.05, 3.63) is 29.8 Å². The molecule has 12 heavy (non-hydrogen) atoms. The van der Waals surface area contributed by atoms with E-state index < -0.39 is 0 Å². The van der Waals surface area contributed by atoms with Crippen molar-refractivity contribution < 1.29 is 8.98 Å². The predicted octanol–water partition coefficient (Wildman–Crippen LogP) is 2.76. The van der Waals surface area contributed by atoms with Crippen LogP contribution >= 0.6 is 22.7 Å². The maximum Gasteiger partial charge on any atom is 0.159 e. The Morgan fingerprint density at radius 2 is 2.00 bits per heavy atom. The third-order valence-corrected chi connectivity index (χ3v) is 1.88. The predicted molar refractivity (Wildman–Crippen MR) is 53.7 cm³/mol. The lowest BCUT2D eigenvalue weighted by Crippen LogP contribution is -1.90. The molecule has 0 amide bonds. The van der Waals surface area contributed by atoms with E-state index in [2.05, 4.69) is 11.7 Å². The fourth-order valence-electron chi connectivity index (χ4n) is 0.788. The molecule has 0 heterocycles. The number of rotatable bonds is 3. The van der Waals surface area contributed by atoms with Crippen LogP contribution in [0.15, 0.2) is 24.3 Å². The Morgan fingerprint density at radius 3 is 2.42 bits per heavy atom. The summed E-state index contributed by atoms with van der Waals surface area (Å²) in [7, 11) is 0. The van der Waals surface area contributed by atoms with Gasteiger partial charge in [0.05, 0.1) is 0 Å². The molecule has 0 N–H and O–H groups in total. The lowest BCUT2D eigenvalue weighted by Gasteiger charge is -1.99. The molecule has 64 valence electrons. The molecular formula is C8H8O2S2. The van der Waals surface area contributed by atoms with Gasteiger partial charge < -0.3 is 4.18 Å². The van der Waals surface area contributed by atoms with E-state index in [1.54, 1.807) is 24.3 Å². The molecule has 1 aromatic carbocycles. The van der Waals surface area contributed by atoms with Crippen molar-refractivity contribution in [3.63, 3.8) is 0 Å². The summed E-state index contributed by atoms with van der Waals surface area (Å²) in [5.41, 5.74) is 0.687. The Labute approximate surface area is 80.3 Å². The first-order valence-electron chi connectivity index (χ1n) is 3.33. The molecule has 1 aromatic rings. The maximum atomic E-state index is 10.9. The fraction of sp³-hybridized carbons (Fsp3) is 0.125. The summed E-state index contributed by atoms with van der Waals surface area (Å²) in [6.45, 7) is 1.53. The average molecular weight is 200 g/mol. The molecule has 0 spiro atoms. The van der Waals surface area contributed by atoms with Crippen molar-refractivity contribution in [3.8, 4) is 5.75 Å². The Hall–Kier alpha value is -0.610. The Morgan fingerprint density at radius 1 is 1.42 bits per heavy atom. The van der Waals surface area contributed by atoms with Crippen molar-refractivity contribution in [1.29, 1.82) is 0 Å². The molecule has 0 saturated heterocycles. The second kappa shape index (κ2) is 4.42. The number of hydrogen-bond donors (Lipinski definition) is 1.